The van der Waals surface area contributed by atoms with Crippen molar-refractivity contribution < 1.29 is 14.3 Å². The van der Waals surface area contributed by atoms with E-state index in [1.165, 1.54) is 64.2 Å². The highest BCUT2D eigenvalue weighted by Crippen LogP contribution is 2.36. The van der Waals surface area contributed by atoms with E-state index in [1.54, 1.807) is 0 Å². The second kappa shape index (κ2) is 14.5. The molecule has 3 nitrogen and oxygen atoms in total. The molecular formula is C26H42O3. The molecule has 1 aromatic carbocycles. The van der Waals surface area contributed by atoms with Gasteiger partial charge in [0.1, 0.15) is 11.9 Å². The standard InChI is InChI=1S/C26H42O3/c1-3-5-7-9-11-13-15-23-21-25(29-26(23)27)22-16-18-24(19-17-22)28-20-14-12-10-8-6-4-2/h16-19,23,25H,3-15,20-21H2,1-2H3. The molecule has 164 valence electrons. The first-order valence-corrected chi connectivity index (χ1v) is 12.2. The van der Waals surface area contributed by atoms with Gasteiger partial charge in [-0.25, -0.2) is 0 Å². The van der Waals surface area contributed by atoms with E-state index in [1.807, 2.05) is 12.1 Å². The number of hydrogen-bond acceptors (Lipinski definition) is 3. The van der Waals surface area contributed by atoms with E-state index in [2.05, 4.69) is 26.0 Å². The van der Waals surface area contributed by atoms with Crippen molar-refractivity contribution in [2.45, 2.75) is 110 Å². The quantitative estimate of drug-likeness (QED) is 0.209. The Labute approximate surface area is 178 Å². The Balaban J connectivity index is 1.64. The molecule has 29 heavy (non-hydrogen) atoms. The molecule has 0 aliphatic carbocycles. The zero-order valence-corrected chi connectivity index (χ0v) is 18.8. The lowest BCUT2D eigenvalue weighted by atomic mass is 9.95. The average Bonchev–Trinajstić information content (AvgIpc) is 3.11. The Morgan fingerprint density at radius 2 is 1.41 bits per heavy atom. The van der Waals surface area contributed by atoms with Gasteiger partial charge < -0.3 is 9.47 Å². The third-order valence-corrected chi connectivity index (χ3v) is 6.01. The maximum Gasteiger partial charge on any atom is 0.309 e. The van der Waals surface area contributed by atoms with Gasteiger partial charge in [-0.2, -0.15) is 0 Å². The fourth-order valence-corrected chi connectivity index (χ4v) is 4.10. The molecule has 1 aromatic rings. The zero-order chi connectivity index (χ0) is 20.7. The number of rotatable bonds is 16. The predicted molar refractivity (Wildman–Crippen MR) is 120 cm³/mol. The highest BCUT2D eigenvalue weighted by molar-refractivity contribution is 5.74. The monoisotopic (exact) mass is 402 g/mol. The van der Waals surface area contributed by atoms with Crippen LogP contribution in [-0.4, -0.2) is 12.6 Å². The molecule has 0 N–H and O–H groups in total. The van der Waals surface area contributed by atoms with Crippen molar-refractivity contribution in [2.75, 3.05) is 6.61 Å². The van der Waals surface area contributed by atoms with Crippen LogP contribution in [0.3, 0.4) is 0 Å². The van der Waals surface area contributed by atoms with Crippen LogP contribution < -0.4 is 4.74 Å². The molecule has 2 unspecified atom stereocenters. The summed E-state index contributed by atoms with van der Waals surface area (Å²) in [5, 5.41) is 0. The molecule has 1 saturated heterocycles. The molecule has 0 spiro atoms. The fraction of sp³-hybridized carbons (Fsp3) is 0.731. The van der Waals surface area contributed by atoms with Gasteiger partial charge in [-0.05, 0) is 30.5 Å². The Kier molecular flexibility index (Phi) is 11.9. The minimum absolute atomic E-state index is 0.00745. The van der Waals surface area contributed by atoms with Gasteiger partial charge in [-0.15, -0.1) is 0 Å². The number of unbranched alkanes of at least 4 members (excludes halogenated alkanes) is 10. The van der Waals surface area contributed by atoms with E-state index in [9.17, 15) is 4.79 Å². The van der Waals surface area contributed by atoms with E-state index in [0.29, 0.717) is 0 Å². The molecule has 2 atom stereocenters. The predicted octanol–water partition coefficient (Wildman–Crippen LogP) is 7.78. The molecule has 0 aromatic heterocycles. The van der Waals surface area contributed by atoms with Crippen LogP contribution in [0.1, 0.15) is 115 Å². The van der Waals surface area contributed by atoms with E-state index >= 15 is 0 Å². The van der Waals surface area contributed by atoms with Crippen molar-refractivity contribution in [3.63, 3.8) is 0 Å². The van der Waals surface area contributed by atoms with Crippen molar-refractivity contribution >= 4 is 5.97 Å². The van der Waals surface area contributed by atoms with Crippen molar-refractivity contribution in [1.82, 2.24) is 0 Å². The van der Waals surface area contributed by atoms with E-state index in [4.69, 9.17) is 9.47 Å². The van der Waals surface area contributed by atoms with Gasteiger partial charge in [0.25, 0.3) is 0 Å². The second-order valence-corrected chi connectivity index (χ2v) is 8.60. The fourth-order valence-electron chi connectivity index (χ4n) is 4.10. The van der Waals surface area contributed by atoms with Gasteiger partial charge in [0.15, 0.2) is 0 Å². The maximum atomic E-state index is 12.2. The molecule has 1 aliphatic rings. The summed E-state index contributed by atoms with van der Waals surface area (Å²) in [6, 6.07) is 8.14. The van der Waals surface area contributed by atoms with Gasteiger partial charge >= 0.3 is 5.97 Å². The molecule has 2 rings (SSSR count). The first kappa shape index (κ1) is 23.8. The number of ether oxygens (including phenoxy) is 2. The van der Waals surface area contributed by atoms with Crippen LogP contribution in [0.25, 0.3) is 0 Å². The van der Waals surface area contributed by atoms with Gasteiger partial charge in [0.05, 0.1) is 12.5 Å². The average molecular weight is 403 g/mol. The molecule has 0 amide bonds. The lowest BCUT2D eigenvalue weighted by Gasteiger charge is -2.11. The number of carbonyl (C=O) groups excluding carboxylic acids is 1. The number of cyclic esters (lactones) is 1. The minimum atomic E-state index is -0.0831. The Morgan fingerprint density at radius 3 is 2.07 bits per heavy atom. The SMILES string of the molecule is CCCCCCCCOc1ccc(C2CC(CCCCCCCC)C(=O)O2)cc1. The summed E-state index contributed by atoms with van der Waals surface area (Å²) in [5.74, 6) is 0.983. The van der Waals surface area contributed by atoms with Crippen molar-refractivity contribution in [3.05, 3.63) is 29.8 Å². The van der Waals surface area contributed by atoms with Gasteiger partial charge in [-0.1, -0.05) is 96.6 Å². The third kappa shape index (κ3) is 9.23. The zero-order valence-electron chi connectivity index (χ0n) is 18.8. The van der Waals surface area contributed by atoms with Crippen LogP contribution >= 0.6 is 0 Å². The van der Waals surface area contributed by atoms with E-state index < -0.39 is 0 Å². The first-order chi connectivity index (χ1) is 14.2. The van der Waals surface area contributed by atoms with Crippen LogP contribution in [0.15, 0.2) is 24.3 Å². The van der Waals surface area contributed by atoms with Gasteiger partial charge in [0, 0.05) is 6.42 Å². The van der Waals surface area contributed by atoms with Crippen molar-refractivity contribution in [1.29, 1.82) is 0 Å². The number of esters is 1. The molecule has 1 heterocycles. The summed E-state index contributed by atoms with van der Waals surface area (Å²) >= 11 is 0. The molecule has 3 heteroatoms. The van der Waals surface area contributed by atoms with E-state index in [0.717, 1.165) is 43.6 Å². The molecule has 0 radical (unpaired) electrons. The summed E-state index contributed by atoms with van der Waals surface area (Å²) in [6.07, 6.45) is 16.9. The second-order valence-electron chi connectivity index (χ2n) is 8.60. The van der Waals surface area contributed by atoms with Crippen LogP contribution in [-0.2, 0) is 9.53 Å². The van der Waals surface area contributed by atoms with Crippen LogP contribution in [0, 0.1) is 5.92 Å². The topological polar surface area (TPSA) is 35.5 Å². The molecule has 1 aliphatic heterocycles. The Hall–Kier alpha value is -1.51. The molecule has 0 bridgehead atoms. The van der Waals surface area contributed by atoms with Gasteiger partial charge in [-0.3, -0.25) is 4.79 Å². The van der Waals surface area contributed by atoms with Crippen LogP contribution in [0.4, 0.5) is 0 Å². The Bertz CT molecular complexity index is 552. The Morgan fingerprint density at radius 1 is 0.828 bits per heavy atom. The highest BCUT2D eigenvalue weighted by atomic mass is 16.6. The molecule has 0 saturated carbocycles. The van der Waals surface area contributed by atoms with Gasteiger partial charge in [0.2, 0.25) is 0 Å². The third-order valence-electron chi connectivity index (χ3n) is 6.01. The summed E-state index contributed by atoms with van der Waals surface area (Å²) < 4.78 is 11.5. The number of hydrogen-bond donors (Lipinski definition) is 0. The number of carbonyl (C=O) groups is 1. The van der Waals surface area contributed by atoms with Crippen LogP contribution in [0.5, 0.6) is 5.75 Å². The number of benzene rings is 1. The molecular weight excluding hydrogens is 360 g/mol. The maximum absolute atomic E-state index is 12.2. The van der Waals surface area contributed by atoms with Crippen molar-refractivity contribution in [2.24, 2.45) is 5.92 Å². The summed E-state index contributed by atoms with van der Waals surface area (Å²) in [7, 11) is 0. The molecule has 1 fully saturated rings. The summed E-state index contributed by atoms with van der Waals surface area (Å²) in [6.45, 7) is 5.27. The lowest BCUT2D eigenvalue weighted by molar-refractivity contribution is -0.144. The van der Waals surface area contributed by atoms with E-state index in [-0.39, 0.29) is 18.0 Å². The highest BCUT2D eigenvalue weighted by Gasteiger charge is 2.34. The minimum Gasteiger partial charge on any atom is -0.494 e. The summed E-state index contributed by atoms with van der Waals surface area (Å²) in [5.41, 5.74) is 1.09. The largest absolute Gasteiger partial charge is 0.494 e. The normalized spacial score (nSPS) is 18.8. The smallest absolute Gasteiger partial charge is 0.309 e. The van der Waals surface area contributed by atoms with Crippen molar-refractivity contribution in [3.8, 4) is 5.75 Å². The summed E-state index contributed by atoms with van der Waals surface area (Å²) in [4.78, 5) is 12.2. The lowest BCUT2D eigenvalue weighted by Crippen LogP contribution is -2.07. The first-order valence-electron chi connectivity index (χ1n) is 12.2. The van der Waals surface area contributed by atoms with Crippen LogP contribution in [0.2, 0.25) is 0 Å².